The van der Waals surface area contributed by atoms with Crippen LogP contribution in [-0.4, -0.2) is 54.6 Å². The van der Waals surface area contributed by atoms with Gasteiger partial charge in [-0.25, -0.2) is 0 Å². The summed E-state index contributed by atoms with van der Waals surface area (Å²) in [6.45, 7) is -0.583. The lowest BCUT2D eigenvalue weighted by atomic mass is 10.3. The lowest BCUT2D eigenvalue weighted by molar-refractivity contribution is -0.144. The summed E-state index contributed by atoms with van der Waals surface area (Å²) in [5, 5.41) is 0. The molecule has 114 valence electrons. The van der Waals surface area contributed by atoms with Crippen LogP contribution in [0.3, 0.4) is 0 Å². The Morgan fingerprint density at radius 3 is 2.24 bits per heavy atom. The first kappa shape index (κ1) is 15.1. The monoisotopic (exact) mass is 294 g/mol. The van der Waals surface area contributed by atoms with Gasteiger partial charge in [-0.3, -0.25) is 14.4 Å². The van der Waals surface area contributed by atoms with Gasteiger partial charge in [0.25, 0.3) is 5.91 Å². The van der Waals surface area contributed by atoms with Crippen LogP contribution < -0.4 is 0 Å². The van der Waals surface area contributed by atoms with E-state index in [4.69, 9.17) is 0 Å². The van der Waals surface area contributed by atoms with E-state index in [9.17, 15) is 14.4 Å². The second kappa shape index (κ2) is 6.43. The molecule has 1 fully saturated rings. The van der Waals surface area contributed by atoms with E-state index in [1.807, 2.05) is 10.8 Å². The van der Waals surface area contributed by atoms with Crippen molar-refractivity contribution >= 4 is 17.8 Å². The highest BCUT2D eigenvalue weighted by atomic mass is 16.5. The van der Waals surface area contributed by atoms with E-state index in [-0.39, 0.29) is 19.0 Å². The summed E-state index contributed by atoms with van der Waals surface area (Å²) < 4.78 is 11.0. The molecule has 7 heteroatoms. The van der Waals surface area contributed by atoms with Gasteiger partial charge in [0.2, 0.25) is 0 Å². The molecule has 0 aliphatic heterocycles. The number of carbonyl (C=O) groups is 3. The lowest BCUT2D eigenvalue weighted by Gasteiger charge is -2.21. The van der Waals surface area contributed by atoms with Crippen LogP contribution in [0.1, 0.15) is 29.4 Å². The smallest absolute Gasteiger partial charge is 0.325 e. The number of nitrogens with zero attached hydrogens (tertiary/aromatic N) is 2. The van der Waals surface area contributed by atoms with Crippen LogP contribution in [0.15, 0.2) is 18.3 Å². The molecule has 0 N–H and O–H groups in total. The van der Waals surface area contributed by atoms with Crippen molar-refractivity contribution in [2.45, 2.75) is 18.9 Å². The van der Waals surface area contributed by atoms with E-state index in [1.165, 1.54) is 14.2 Å². The first-order valence-electron chi connectivity index (χ1n) is 6.66. The van der Waals surface area contributed by atoms with Crippen LogP contribution in [0.5, 0.6) is 0 Å². The van der Waals surface area contributed by atoms with E-state index in [0.29, 0.717) is 11.7 Å². The van der Waals surface area contributed by atoms with Gasteiger partial charge in [-0.05, 0) is 25.0 Å². The highest BCUT2D eigenvalue weighted by Gasteiger charge is 2.30. The molecule has 0 aromatic carbocycles. The number of esters is 2. The average molecular weight is 294 g/mol. The van der Waals surface area contributed by atoms with Crippen molar-refractivity contribution in [1.29, 1.82) is 0 Å². The van der Waals surface area contributed by atoms with Gasteiger partial charge in [-0.1, -0.05) is 0 Å². The fraction of sp³-hybridized carbons (Fsp3) is 0.500. The molecule has 0 saturated heterocycles. The summed E-state index contributed by atoms with van der Waals surface area (Å²) in [4.78, 5) is 36.5. The Morgan fingerprint density at radius 1 is 1.19 bits per heavy atom. The molecule has 1 aromatic heterocycles. The average Bonchev–Trinajstić information content (AvgIpc) is 3.22. The van der Waals surface area contributed by atoms with E-state index in [2.05, 4.69) is 9.47 Å². The Labute approximate surface area is 122 Å². The third kappa shape index (κ3) is 3.62. The first-order chi connectivity index (χ1) is 10.1. The Bertz CT molecular complexity index is 529. The number of hydrogen-bond acceptors (Lipinski definition) is 5. The van der Waals surface area contributed by atoms with Crippen molar-refractivity contribution < 1.29 is 23.9 Å². The minimum absolute atomic E-state index is 0.291. The molecule has 1 saturated carbocycles. The molecule has 1 aliphatic rings. The highest BCUT2D eigenvalue weighted by molar-refractivity contribution is 5.96. The van der Waals surface area contributed by atoms with Crippen LogP contribution in [0.2, 0.25) is 0 Å². The number of methoxy groups -OCH3 is 2. The minimum atomic E-state index is -0.586. The van der Waals surface area contributed by atoms with E-state index in [0.717, 1.165) is 17.7 Å². The Hall–Kier alpha value is -2.31. The predicted molar refractivity (Wildman–Crippen MR) is 72.6 cm³/mol. The van der Waals surface area contributed by atoms with Crippen molar-refractivity contribution in [3.05, 3.63) is 24.0 Å². The van der Waals surface area contributed by atoms with Gasteiger partial charge in [0.15, 0.2) is 0 Å². The molecule has 1 aliphatic carbocycles. The second-order valence-electron chi connectivity index (χ2n) is 4.85. The highest BCUT2D eigenvalue weighted by Crippen LogP contribution is 2.36. The molecule has 1 amide bonds. The maximum atomic E-state index is 12.6. The molecular formula is C14H18N2O5. The maximum Gasteiger partial charge on any atom is 0.325 e. The molecule has 0 atom stereocenters. The zero-order valence-corrected chi connectivity index (χ0v) is 12.1. The quantitative estimate of drug-likeness (QED) is 0.718. The lowest BCUT2D eigenvalue weighted by Crippen LogP contribution is -2.41. The topological polar surface area (TPSA) is 77.8 Å². The van der Waals surface area contributed by atoms with Gasteiger partial charge in [0.05, 0.1) is 14.2 Å². The summed E-state index contributed by atoms with van der Waals surface area (Å²) >= 11 is 0. The maximum absolute atomic E-state index is 12.6. The molecule has 0 spiro atoms. The molecule has 0 radical (unpaired) electrons. The van der Waals surface area contributed by atoms with Crippen LogP contribution in [0, 0.1) is 0 Å². The Balaban J connectivity index is 2.17. The molecular weight excluding hydrogens is 276 g/mol. The Morgan fingerprint density at radius 2 is 1.76 bits per heavy atom. The van der Waals surface area contributed by atoms with Crippen LogP contribution in [0.25, 0.3) is 0 Å². The number of rotatable bonds is 6. The molecule has 0 unspecified atom stereocenters. The van der Waals surface area contributed by atoms with E-state index < -0.39 is 11.9 Å². The van der Waals surface area contributed by atoms with Crippen LogP contribution >= 0.6 is 0 Å². The fourth-order valence-electron chi connectivity index (χ4n) is 2.05. The van der Waals surface area contributed by atoms with Crippen LogP contribution in [-0.2, 0) is 19.1 Å². The summed E-state index contributed by atoms with van der Waals surface area (Å²) in [5.41, 5.74) is 0.463. The largest absolute Gasteiger partial charge is 0.468 e. The van der Waals surface area contributed by atoms with Gasteiger partial charge in [-0.2, -0.15) is 0 Å². The summed E-state index contributed by atoms with van der Waals surface area (Å²) in [6.07, 6.45) is 3.89. The number of ether oxygens (including phenoxy) is 2. The van der Waals surface area contributed by atoms with Crippen molar-refractivity contribution in [2.24, 2.45) is 0 Å². The molecule has 1 aromatic rings. The van der Waals surface area contributed by atoms with Gasteiger partial charge >= 0.3 is 11.9 Å². The van der Waals surface area contributed by atoms with Gasteiger partial charge in [-0.15, -0.1) is 0 Å². The minimum Gasteiger partial charge on any atom is -0.468 e. The SMILES string of the molecule is COC(=O)CN(CC(=O)OC)C(=O)c1cccn1C1CC1. The zero-order chi connectivity index (χ0) is 15.4. The third-order valence-corrected chi connectivity index (χ3v) is 3.32. The molecule has 1 heterocycles. The number of aromatic nitrogens is 1. The Kier molecular flexibility index (Phi) is 4.62. The van der Waals surface area contributed by atoms with Gasteiger partial charge in [0, 0.05) is 12.2 Å². The molecule has 21 heavy (non-hydrogen) atoms. The van der Waals surface area contributed by atoms with Gasteiger partial charge in [0.1, 0.15) is 18.8 Å². The first-order valence-corrected chi connectivity index (χ1v) is 6.66. The van der Waals surface area contributed by atoms with Crippen molar-refractivity contribution in [2.75, 3.05) is 27.3 Å². The summed E-state index contributed by atoms with van der Waals surface area (Å²) in [5.74, 6) is -1.56. The predicted octanol–water partition coefficient (Wildman–Crippen LogP) is 0.611. The second-order valence-corrected chi connectivity index (χ2v) is 4.85. The van der Waals surface area contributed by atoms with Crippen molar-refractivity contribution in [3.8, 4) is 0 Å². The zero-order valence-electron chi connectivity index (χ0n) is 12.1. The van der Waals surface area contributed by atoms with E-state index in [1.54, 1.807) is 12.1 Å². The van der Waals surface area contributed by atoms with Crippen molar-refractivity contribution in [1.82, 2.24) is 9.47 Å². The van der Waals surface area contributed by atoms with Crippen LogP contribution in [0.4, 0.5) is 0 Å². The van der Waals surface area contributed by atoms with Gasteiger partial charge < -0.3 is 18.9 Å². The summed E-state index contributed by atoms with van der Waals surface area (Å²) in [7, 11) is 2.46. The number of carbonyl (C=O) groups excluding carboxylic acids is 3. The number of hydrogen-bond donors (Lipinski definition) is 0. The van der Waals surface area contributed by atoms with Crippen molar-refractivity contribution in [3.63, 3.8) is 0 Å². The molecule has 0 bridgehead atoms. The third-order valence-electron chi connectivity index (χ3n) is 3.32. The normalized spacial score (nSPS) is 13.6. The summed E-state index contributed by atoms with van der Waals surface area (Å²) in [6, 6.07) is 3.79. The standard InChI is InChI=1S/C14H18N2O5/c1-20-12(17)8-15(9-13(18)21-2)14(19)11-4-3-7-16(11)10-5-6-10/h3-4,7,10H,5-6,8-9H2,1-2H3. The molecule has 7 nitrogen and oxygen atoms in total. The molecule has 2 rings (SSSR count). The fourth-order valence-corrected chi connectivity index (χ4v) is 2.05. The van der Waals surface area contributed by atoms with E-state index >= 15 is 0 Å². The number of amides is 1.